The molecule has 1 aromatic carbocycles. The van der Waals surface area contributed by atoms with Crippen LogP contribution in [-0.2, 0) is 16.1 Å². The quantitative estimate of drug-likeness (QED) is 0.887. The van der Waals surface area contributed by atoms with Gasteiger partial charge in [-0.2, -0.15) is 0 Å². The van der Waals surface area contributed by atoms with Crippen molar-refractivity contribution in [1.29, 1.82) is 0 Å². The molecule has 6 heteroatoms. The van der Waals surface area contributed by atoms with Crippen LogP contribution in [0.2, 0.25) is 0 Å². The first-order valence-corrected chi connectivity index (χ1v) is 8.71. The summed E-state index contributed by atoms with van der Waals surface area (Å²) in [4.78, 5) is 25.7. The van der Waals surface area contributed by atoms with Gasteiger partial charge >= 0.3 is 5.97 Å². The molecule has 1 amide bonds. The maximum atomic E-state index is 13.0. The fraction of sp³-hybridized carbons (Fsp3) is 0.400. The average molecular weight is 357 g/mol. The third kappa shape index (κ3) is 3.80. The van der Waals surface area contributed by atoms with Gasteiger partial charge in [0.05, 0.1) is 18.6 Å². The summed E-state index contributed by atoms with van der Waals surface area (Å²) in [5, 5.41) is 9.13. The Bertz CT molecular complexity index is 783. The molecule has 1 aliphatic rings. The second-order valence-electron chi connectivity index (χ2n) is 6.63. The normalized spacial score (nSPS) is 19.9. The second-order valence-corrected chi connectivity index (χ2v) is 6.63. The Balaban J connectivity index is 1.74. The van der Waals surface area contributed by atoms with Crippen LogP contribution in [0.1, 0.15) is 46.4 Å². The lowest BCUT2D eigenvalue weighted by Gasteiger charge is -2.33. The van der Waals surface area contributed by atoms with Crippen LogP contribution in [0.5, 0.6) is 0 Å². The van der Waals surface area contributed by atoms with Crippen LogP contribution in [0.15, 0.2) is 40.8 Å². The Morgan fingerprint density at radius 1 is 1.27 bits per heavy atom. The number of carbonyl (C=O) groups is 2. The number of carboxylic acids is 1. The van der Waals surface area contributed by atoms with Crippen molar-refractivity contribution >= 4 is 11.9 Å². The maximum absolute atomic E-state index is 13.0. The second kappa shape index (κ2) is 7.74. The number of hydrogen-bond donors (Lipinski definition) is 1. The summed E-state index contributed by atoms with van der Waals surface area (Å²) in [5.41, 5.74) is 1.13. The predicted octanol–water partition coefficient (Wildman–Crippen LogP) is 3.41. The van der Waals surface area contributed by atoms with Gasteiger partial charge in [-0.05, 0) is 31.4 Å². The Kier molecular flexibility index (Phi) is 5.42. The Morgan fingerprint density at radius 2 is 2.00 bits per heavy atom. The zero-order valence-electron chi connectivity index (χ0n) is 15.0. The lowest BCUT2D eigenvalue weighted by atomic mass is 9.88. The third-order valence-electron chi connectivity index (χ3n) is 4.74. The molecule has 0 unspecified atom stereocenters. The first-order valence-electron chi connectivity index (χ1n) is 8.71. The van der Waals surface area contributed by atoms with Crippen molar-refractivity contribution in [1.82, 2.24) is 4.90 Å². The van der Waals surface area contributed by atoms with Gasteiger partial charge in [0.1, 0.15) is 17.1 Å². The molecule has 1 aromatic heterocycles. The summed E-state index contributed by atoms with van der Waals surface area (Å²) in [6.45, 7) is 2.48. The number of aromatic carboxylic acids is 1. The van der Waals surface area contributed by atoms with E-state index >= 15 is 0 Å². The van der Waals surface area contributed by atoms with Crippen LogP contribution < -0.4 is 0 Å². The van der Waals surface area contributed by atoms with E-state index in [1.807, 2.05) is 30.3 Å². The monoisotopic (exact) mass is 357 g/mol. The number of carbonyl (C=O) groups excluding carboxylic acids is 1. The minimum Gasteiger partial charge on any atom is -0.478 e. The van der Waals surface area contributed by atoms with Gasteiger partial charge < -0.3 is 19.2 Å². The van der Waals surface area contributed by atoms with E-state index in [-0.39, 0.29) is 30.0 Å². The molecule has 0 aliphatic carbocycles. The van der Waals surface area contributed by atoms with Gasteiger partial charge in [-0.25, -0.2) is 4.79 Å². The minimum absolute atomic E-state index is 0.0236. The highest BCUT2D eigenvalue weighted by atomic mass is 16.5. The van der Waals surface area contributed by atoms with Crippen LogP contribution in [-0.4, -0.2) is 35.5 Å². The van der Waals surface area contributed by atoms with E-state index in [1.165, 1.54) is 6.07 Å². The van der Waals surface area contributed by atoms with Crippen LogP contribution >= 0.6 is 0 Å². The van der Waals surface area contributed by atoms with Crippen molar-refractivity contribution in [3.05, 3.63) is 59.0 Å². The van der Waals surface area contributed by atoms with Crippen LogP contribution in [0.25, 0.3) is 0 Å². The molecule has 3 rings (SSSR count). The number of nitrogens with zero attached hydrogens (tertiary/aromatic N) is 1. The average Bonchev–Trinajstić information content (AvgIpc) is 3.02. The zero-order valence-corrected chi connectivity index (χ0v) is 15.0. The highest BCUT2D eigenvalue weighted by Gasteiger charge is 2.35. The topological polar surface area (TPSA) is 80.0 Å². The molecule has 6 nitrogen and oxygen atoms in total. The molecule has 1 N–H and O–H groups in total. The minimum atomic E-state index is -1.03. The summed E-state index contributed by atoms with van der Waals surface area (Å²) in [6.07, 6.45) is 1.35. The molecule has 2 atom stereocenters. The molecule has 0 radical (unpaired) electrons. The third-order valence-corrected chi connectivity index (χ3v) is 4.74. The molecule has 0 spiro atoms. The van der Waals surface area contributed by atoms with E-state index in [9.17, 15) is 9.59 Å². The lowest BCUT2D eigenvalue weighted by molar-refractivity contribution is -0.145. The Morgan fingerprint density at radius 3 is 2.65 bits per heavy atom. The fourth-order valence-electron chi connectivity index (χ4n) is 3.43. The number of rotatable bonds is 5. The number of furan rings is 1. The number of carboxylic acid groups (broad SMARTS) is 1. The zero-order chi connectivity index (χ0) is 18.7. The maximum Gasteiger partial charge on any atom is 0.339 e. The fourth-order valence-corrected chi connectivity index (χ4v) is 3.43. The Hall–Kier alpha value is -2.60. The molecule has 1 saturated heterocycles. The van der Waals surface area contributed by atoms with Gasteiger partial charge in [0.15, 0.2) is 0 Å². The Labute approximate surface area is 152 Å². The van der Waals surface area contributed by atoms with Crippen molar-refractivity contribution < 1.29 is 23.8 Å². The molecule has 1 aliphatic heterocycles. The molecule has 1 fully saturated rings. The smallest absolute Gasteiger partial charge is 0.339 e. The van der Waals surface area contributed by atoms with Gasteiger partial charge in [-0.15, -0.1) is 0 Å². The van der Waals surface area contributed by atoms with Crippen LogP contribution in [0, 0.1) is 12.8 Å². The highest BCUT2D eigenvalue weighted by Crippen LogP contribution is 2.35. The number of ether oxygens (including phenoxy) is 1. The van der Waals surface area contributed by atoms with E-state index in [2.05, 4.69) is 0 Å². The molecule has 0 saturated carbocycles. The van der Waals surface area contributed by atoms with E-state index < -0.39 is 5.97 Å². The largest absolute Gasteiger partial charge is 0.478 e. The molecule has 138 valence electrons. The van der Waals surface area contributed by atoms with Gasteiger partial charge in [0, 0.05) is 13.7 Å². The first kappa shape index (κ1) is 18.2. The van der Waals surface area contributed by atoms with Crippen molar-refractivity contribution in [3.63, 3.8) is 0 Å². The first-order chi connectivity index (χ1) is 12.5. The summed E-state index contributed by atoms with van der Waals surface area (Å²) < 4.78 is 11.4. The number of benzene rings is 1. The lowest BCUT2D eigenvalue weighted by Crippen LogP contribution is -2.38. The number of amides is 1. The molecule has 0 bridgehead atoms. The number of aryl methyl sites for hydroxylation is 1. The van der Waals surface area contributed by atoms with Crippen molar-refractivity contribution in [2.75, 3.05) is 13.7 Å². The van der Waals surface area contributed by atoms with Crippen LogP contribution in [0.4, 0.5) is 0 Å². The van der Waals surface area contributed by atoms with E-state index in [0.717, 1.165) is 18.4 Å². The van der Waals surface area contributed by atoms with Gasteiger partial charge in [-0.3, -0.25) is 4.79 Å². The van der Waals surface area contributed by atoms with Gasteiger partial charge in [-0.1, -0.05) is 30.3 Å². The molecule has 26 heavy (non-hydrogen) atoms. The summed E-state index contributed by atoms with van der Waals surface area (Å²) in [7, 11) is 1.71. The SMILES string of the molecule is Cc1oc(CN(C)C(=O)[C@H]2CCCO[C@@H]2c2ccccc2)cc1C(=O)O. The van der Waals surface area contributed by atoms with Gasteiger partial charge in [0.25, 0.3) is 0 Å². The standard InChI is InChI=1S/C20H23NO5/c1-13-17(20(23)24)11-15(26-13)12-21(2)19(22)16-9-6-10-25-18(16)14-7-4-3-5-8-14/h3-5,7-8,11,16,18H,6,9-10,12H2,1-2H3,(H,23,24)/t16-,18+/m0/s1. The summed E-state index contributed by atoms with van der Waals surface area (Å²) in [5.74, 6) is -0.507. The van der Waals surface area contributed by atoms with Crippen molar-refractivity contribution in [3.8, 4) is 0 Å². The number of hydrogen-bond acceptors (Lipinski definition) is 4. The van der Waals surface area contributed by atoms with E-state index in [1.54, 1.807) is 18.9 Å². The van der Waals surface area contributed by atoms with E-state index in [4.69, 9.17) is 14.3 Å². The molecule has 2 heterocycles. The predicted molar refractivity (Wildman–Crippen MR) is 94.7 cm³/mol. The summed E-state index contributed by atoms with van der Waals surface area (Å²) >= 11 is 0. The molecular formula is C20H23NO5. The highest BCUT2D eigenvalue weighted by molar-refractivity contribution is 5.88. The molecule has 2 aromatic rings. The van der Waals surface area contributed by atoms with Gasteiger partial charge in [0.2, 0.25) is 5.91 Å². The van der Waals surface area contributed by atoms with Crippen LogP contribution in [0.3, 0.4) is 0 Å². The van der Waals surface area contributed by atoms with E-state index in [0.29, 0.717) is 18.1 Å². The van der Waals surface area contributed by atoms with Crippen molar-refractivity contribution in [2.24, 2.45) is 5.92 Å². The van der Waals surface area contributed by atoms with Crippen molar-refractivity contribution in [2.45, 2.75) is 32.4 Å². The summed E-state index contributed by atoms with van der Waals surface area (Å²) in [6, 6.07) is 11.3. The molecular weight excluding hydrogens is 334 g/mol.